The van der Waals surface area contributed by atoms with E-state index in [1.807, 2.05) is 38.1 Å². The van der Waals surface area contributed by atoms with Gasteiger partial charge in [0.15, 0.2) is 17.6 Å². The molecule has 0 aromatic heterocycles. The Kier molecular flexibility index (Phi) is 4.88. The molecule has 1 aliphatic rings. The minimum atomic E-state index is -0.657. The van der Waals surface area contributed by atoms with Crippen molar-refractivity contribution in [1.82, 2.24) is 5.43 Å². The molecule has 0 spiro atoms. The van der Waals surface area contributed by atoms with Crippen LogP contribution in [0.4, 0.5) is 0 Å². The molecule has 3 rings (SSSR count). The average Bonchev–Trinajstić information content (AvgIpc) is 3.01. The predicted molar refractivity (Wildman–Crippen MR) is 94.3 cm³/mol. The summed E-state index contributed by atoms with van der Waals surface area (Å²) in [4.78, 5) is 12.1. The smallest absolute Gasteiger partial charge is 0.280 e. The van der Waals surface area contributed by atoms with Gasteiger partial charge in [0.05, 0.1) is 6.21 Å². The van der Waals surface area contributed by atoms with Crippen molar-refractivity contribution in [3.05, 3.63) is 53.1 Å². The van der Waals surface area contributed by atoms with Crippen LogP contribution in [0.3, 0.4) is 0 Å². The molecule has 1 aliphatic heterocycles. The maximum Gasteiger partial charge on any atom is 0.280 e. The molecule has 2 aromatic carbocycles. The molecule has 0 bridgehead atoms. The minimum Gasteiger partial charge on any atom is -0.481 e. The molecule has 1 N–H and O–H groups in total. The fourth-order valence-corrected chi connectivity index (χ4v) is 2.51. The van der Waals surface area contributed by atoms with E-state index >= 15 is 0 Å². The lowest BCUT2D eigenvalue weighted by Crippen LogP contribution is -2.33. The summed E-state index contributed by atoms with van der Waals surface area (Å²) >= 11 is 0. The summed E-state index contributed by atoms with van der Waals surface area (Å²) < 4.78 is 16.2. The van der Waals surface area contributed by atoms with Gasteiger partial charge in [0, 0.05) is 0 Å². The van der Waals surface area contributed by atoms with Crippen molar-refractivity contribution in [2.45, 2.75) is 26.9 Å². The summed E-state index contributed by atoms with van der Waals surface area (Å²) in [5.74, 6) is 1.72. The molecule has 0 saturated heterocycles. The molecule has 1 amide bonds. The molecule has 0 aliphatic carbocycles. The monoisotopic (exact) mass is 340 g/mol. The van der Waals surface area contributed by atoms with Gasteiger partial charge >= 0.3 is 0 Å². The topological polar surface area (TPSA) is 69.2 Å². The number of nitrogens with one attached hydrogen (secondary N) is 1. The number of nitrogens with zero attached hydrogens (tertiary/aromatic N) is 1. The maximum atomic E-state index is 12.1. The van der Waals surface area contributed by atoms with Crippen molar-refractivity contribution >= 4 is 12.1 Å². The molecule has 2 aromatic rings. The number of fused-ring (bicyclic) bond motifs is 1. The third-order valence-corrected chi connectivity index (χ3v) is 3.66. The second-order valence-corrected chi connectivity index (χ2v) is 5.93. The second-order valence-electron chi connectivity index (χ2n) is 5.93. The van der Waals surface area contributed by atoms with Crippen molar-refractivity contribution in [2.24, 2.45) is 5.10 Å². The quantitative estimate of drug-likeness (QED) is 0.671. The van der Waals surface area contributed by atoms with Gasteiger partial charge in [0.2, 0.25) is 6.79 Å². The van der Waals surface area contributed by atoms with E-state index in [1.54, 1.807) is 25.3 Å². The summed E-state index contributed by atoms with van der Waals surface area (Å²) in [6.45, 7) is 5.88. The van der Waals surface area contributed by atoms with Crippen LogP contribution in [0.2, 0.25) is 0 Å². The molecular formula is C19H20N2O4. The summed E-state index contributed by atoms with van der Waals surface area (Å²) in [5, 5.41) is 3.96. The van der Waals surface area contributed by atoms with Crippen LogP contribution in [0.1, 0.15) is 23.6 Å². The molecule has 0 radical (unpaired) electrons. The van der Waals surface area contributed by atoms with Gasteiger partial charge in [-0.1, -0.05) is 6.07 Å². The van der Waals surface area contributed by atoms with E-state index in [-0.39, 0.29) is 12.7 Å². The standard InChI is InChI=1S/C19H20N2O4/c1-12-6-13(2)8-16(7-12)25-14(3)19(22)21-20-10-15-4-5-17-18(9-15)24-11-23-17/h4-10,14H,11H2,1-3H3,(H,21,22)/b20-10-/t14-/m1/s1. The number of carbonyl (C=O) groups excluding carboxylic acids is 1. The van der Waals surface area contributed by atoms with Gasteiger partial charge in [-0.15, -0.1) is 0 Å². The maximum absolute atomic E-state index is 12.1. The predicted octanol–water partition coefficient (Wildman–Crippen LogP) is 2.95. The lowest BCUT2D eigenvalue weighted by molar-refractivity contribution is -0.127. The Hall–Kier alpha value is -3.02. The van der Waals surface area contributed by atoms with Crippen LogP contribution < -0.4 is 19.6 Å². The van der Waals surface area contributed by atoms with Crippen LogP contribution in [-0.2, 0) is 4.79 Å². The zero-order valence-corrected chi connectivity index (χ0v) is 14.4. The number of benzene rings is 2. The van der Waals surface area contributed by atoms with E-state index in [9.17, 15) is 4.79 Å². The largest absolute Gasteiger partial charge is 0.481 e. The number of hydrogen-bond acceptors (Lipinski definition) is 5. The Morgan fingerprint density at radius 3 is 2.64 bits per heavy atom. The summed E-state index contributed by atoms with van der Waals surface area (Å²) in [5.41, 5.74) is 5.45. The molecule has 0 fully saturated rings. The first-order chi connectivity index (χ1) is 12.0. The van der Waals surface area contributed by atoms with Crippen LogP contribution in [0.25, 0.3) is 0 Å². The van der Waals surface area contributed by atoms with E-state index < -0.39 is 6.10 Å². The van der Waals surface area contributed by atoms with E-state index in [0.29, 0.717) is 17.2 Å². The van der Waals surface area contributed by atoms with Gasteiger partial charge < -0.3 is 14.2 Å². The van der Waals surface area contributed by atoms with Crippen molar-refractivity contribution in [3.63, 3.8) is 0 Å². The second kappa shape index (κ2) is 7.25. The van der Waals surface area contributed by atoms with E-state index in [4.69, 9.17) is 14.2 Å². The van der Waals surface area contributed by atoms with Gasteiger partial charge in [-0.3, -0.25) is 4.79 Å². The molecular weight excluding hydrogens is 320 g/mol. The first-order valence-corrected chi connectivity index (χ1v) is 7.99. The van der Waals surface area contributed by atoms with E-state index in [0.717, 1.165) is 16.7 Å². The van der Waals surface area contributed by atoms with Crippen LogP contribution in [0.5, 0.6) is 17.2 Å². The lowest BCUT2D eigenvalue weighted by Gasteiger charge is -2.14. The Labute approximate surface area is 146 Å². The number of ether oxygens (including phenoxy) is 3. The summed E-state index contributed by atoms with van der Waals surface area (Å²) in [6.07, 6.45) is 0.888. The van der Waals surface area contributed by atoms with Crippen molar-refractivity contribution in [3.8, 4) is 17.2 Å². The number of rotatable bonds is 5. The van der Waals surface area contributed by atoms with Crippen LogP contribution in [0, 0.1) is 13.8 Å². The SMILES string of the molecule is Cc1cc(C)cc(O[C@H](C)C(=O)N/N=C\c2ccc3c(c2)OCO3)c1. The number of aryl methyl sites for hydroxylation is 2. The summed E-state index contributed by atoms with van der Waals surface area (Å²) in [7, 11) is 0. The third kappa shape index (κ3) is 4.29. The Morgan fingerprint density at radius 1 is 1.16 bits per heavy atom. The van der Waals surface area contributed by atoms with Crippen LogP contribution in [-0.4, -0.2) is 25.0 Å². The van der Waals surface area contributed by atoms with Crippen molar-refractivity contribution < 1.29 is 19.0 Å². The normalized spacial score (nSPS) is 13.7. The van der Waals surface area contributed by atoms with Crippen molar-refractivity contribution in [1.29, 1.82) is 0 Å². The Morgan fingerprint density at radius 2 is 1.88 bits per heavy atom. The number of hydrazone groups is 1. The number of carbonyl (C=O) groups is 1. The number of hydrogen-bond donors (Lipinski definition) is 1. The van der Waals surface area contributed by atoms with Gasteiger partial charge in [-0.05, 0) is 67.8 Å². The zero-order valence-electron chi connectivity index (χ0n) is 14.4. The third-order valence-electron chi connectivity index (χ3n) is 3.66. The molecule has 6 heteroatoms. The van der Waals surface area contributed by atoms with Gasteiger partial charge in [-0.2, -0.15) is 5.10 Å². The molecule has 0 unspecified atom stereocenters. The highest BCUT2D eigenvalue weighted by Crippen LogP contribution is 2.31. The van der Waals surface area contributed by atoms with Crippen LogP contribution in [0.15, 0.2) is 41.5 Å². The average molecular weight is 340 g/mol. The Bertz CT molecular complexity index is 797. The highest BCUT2D eigenvalue weighted by atomic mass is 16.7. The van der Waals surface area contributed by atoms with Gasteiger partial charge in [0.1, 0.15) is 5.75 Å². The highest BCUT2D eigenvalue weighted by molar-refractivity contribution is 5.85. The zero-order chi connectivity index (χ0) is 17.8. The number of amides is 1. The lowest BCUT2D eigenvalue weighted by atomic mass is 10.1. The molecule has 6 nitrogen and oxygen atoms in total. The van der Waals surface area contributed by atoms with Crippen molar-refractivity contribution in [2.75, 3.05) is 6.79 Å². The van der Waals surface area contributed by atoms with E-state index in [2.05, 4.69) is 10.5 Å². The van der Waals surface area contributed by atoms with Gasteiger partial charge in [-0.25, -0.2) is 5.43 Å². The van der Waals surface area contributed by atoms with Gasteiger partial charge in [0.25, 0.3) is 5.91 Å². The minimum absolute atomic E-state index is 0.222. The molecule has 1 atom stereocenters. The molecule has 1 heterocycles. The highest BCUT2D eigenvalue weighted by Gasteiger charge is 2.15. The van der Waals surface area contributed by atoms with Crippen LogP contribution >= 0.6 is 0 Å². The fraction of sp³-hybridized carbons (Fsp3) is 0.263. The molecule has 25 heavy (non-hydrogen) atoms. The first-order valence-electron chi connectivity index (χ1n) is 7.99. The van der Waals surface area contributed by atoms with E-state index in [1.165, 1.54) is 0 Å². The Balaban J connectivity index is 1.56. The first kappa shape index (κ1) is 16.8. The molecule has 130 valence electrons. The fourth-order valence-electron chi connectivity index (χ4n) is 2.51. The summed E-state index contributed by atoms with van der Waals surface area (Å²) in [6, 6.07) is 11.3. The molecule has 0 saturated carbocycles.